The second kappa shape index (κ2) is 5.31. The first-order chi connectivity index (χ1) is 8.22. The van der Waals surface area contributed by atoms with Crippen molar-refractivity contribution in [2.75, 3.05) is 37.3 Å². The summed E-state index contributed by atoms with van der Waals surface area (Å²) in [6, 6.07) is 0.617. The van der Waals surface area contributed by atoms with Gasteiger partial charge in [-0.1, -0.05) is 6.92 Å². The van der Waals surface area contributed by atoms with Crippen molar-refractivity contribution in [2.45, 2.75) is 25.8 Å². The van der Waals surface area contributed by atoms with Crippen LogP contribution < -0.4 is 10.6 Å². The average Bonchev–Trinajstić information content (AvgIpc) is 2.76. The number of aromatic nitrogens is 2. The quantitative estimate of drug-likeness (QED) is 0.843. The molecule has 1 aromatic heterocycles. The first-order valence-electron chi connectivity index (χ1n) is 6.24. The number of nitrogen functional groups attached to an aromatic ring is 1. The Labute approximate surface area is 103 Å². The van der Waals surface area contributed by atoms with Crippen LogP contribution in [0.1, 0.15) is 19.8 Å². The number of hydrogen-bond donors (Lipinski definition) is 1. The number of nitrogens with zero attached hydrogens (tertiary/aromatic N) is 4. The third-order valence-corrected chi connectivity index (χ3v) is 3.46. The van der Waals surface area contributed by atoms with E-state index < -0.39 is 0 Å². The summed E-state index contributed by atoms with van der Waals surface area (Å²) < 4.78 is 0. The van der Waals surface area contributed by atoms with Crippen LogP contribution in [0.5, 0.6) is 0 Å². The molecule has 0 radical (unpaired) electrons. The molecule has 1 aliphatic heterocycles. The van der Waals surface area contributed by atoms with Crippen LogP contribution in [-0.2, 0) is 0 Å². The Hall–Kier alpha value is -1.36. The maximum Gasteiger partial charge on any atom is 0.171 e. The standard InChI is InChI=1S/C12H21N5/c1-3-17-8-4-5-10(17)9-16(2)12-11(13)14-6-7-15-12/h6-7,10H,3-5,8-9H2,1-2H3,(H2,13,14). The molecule has 1 fully saturated rings. The number of likely N-dealkylation sites (tertiary alicyclic amines) is 1. The van der Waals surface area contributed by atoms with Gasteiger partial charge in [0, 0.05) is 32.0 Å². The minimum Gasteiger partial charge on any atom is -0.381 e. The van der Waals surface area contributed by atoms with Crippen molar-refractivity contribution in [2.24, 2.45) is 0 Å². The molecule has 2 N–H and O–H groups in total. The van der Waals surface area contributed by atoms with Crippen LogP contribution in [0, 0.1) is 0 Å². The Balaban J connectivity index is 2.01. The fourth-order valence-electron chi connectivity index (χ4n) is 2.56. The highest BCUT2D eigenvalue weighted by Gasteiger charge is 2.24. The van der Waals surface area contributed by atoms with Gasteiger partial charge in [0.25, 0.3) is 0 Å². The molecule has 0 amide bonds. The summed E-state index contributed by atoms with van der Waals surface area (Å²) in [4.78, 5) is 13.0. The van der Waals surface area contributed by atoms with Crippen molar-refractivity contribution in [1.29, 1.82) is 0 Å². The fraction of sp³-hybridized carbons (Fsp3) is 0.667. The smallest absolute Gasteiger partial charge is 0.171 e. The second-order valence-electron chi connectivity index (χ2n) is 4.57. The molecule has 1 saturated heterocycles. The van der Waals surface area contributed by atoms with Crippen molar-refractivity contribution in [3.05, 3.63) is 12.4 Å². The summed E-state index contributed by atoms with van der Waals surface area (Å²) in [7, 11) is 2.03. The molecule has 5 heteroatoms. The van der Waals surface area contributed by atoms with E-state index in [4.69, 9.17) is 5.73 Å². The lowest BCUT2D eigenvalue weighted by atomic mass is 10.2. The van der Waals surface area contributed by atoms with Gasteiger partial charge in [-0.3, -0.25) is 4.90 Å². The van der Waals surface area contributed by atoms with E-state index in [9.17, 15) is 0 Å². The largest absolute Gasteiger partial charge is 0.381 e. The van der Waals surface area contributed by atoms with Crippen molar-refractivity contribution < 1.29 is 0 Å². The van der Waals surface area contributed by atoms with Gasteiger partial charge in [-0.2, -0.15) is 0 Å². The Kier molecular flexibility index (Phi) is 3.78. The minimum atomic E-state index is 0.510. The van der Waals surface area contributed by atoms with Crippen molar-refractivity contribution in [1.82, 2.24) is 14.9 Å². The predicted molar refractivity (Wildman–Crippen MR) is 70.0 cm³/mol. The van der Waals surface area contributed by atoms with Crippen LogP contribution in [0.15, 0.2) is 12.4 Å². The Morgan fingerprint density at radius 2 is 2.24 bits per heavy atom. The zero-order chi connectivity index (χ0) is 12.3. The molecular formula is C12H21N5. The summed E-state index contributed by atoms with van der Waals surface area (Å²) >= 11 is 0. The Bertz CT molecular complexity index is 368. The highest BCUT2D eigenvalue weighted by molar-refractivity contribution is 5.56. The summed E-state index contributed by atoms with van der Waals surface area (Å²) in [5, 5.41) is 0. The molecule has 2 rings (SSSR count). The number of nitrogens with two attached hydrogens (primary N) is 1. The van der Waals surface area contributed by atoms with Gasteiger partial charge in [0.05, 0.1) is 0 Å². The summed E-state index contributed by atoms with van der Waals surface area (Å²) in [6.45, 7) is 5.52. The van der Waals surface area contributed by atoms with E-state index >= 15 is 0 Å². The number of rotatable bonds is 4. The Morgan fingerprint density at radius 1 is 1.47 bits per heavy atom. The van der Waals surface area contributed by atoms with Crippen LogP contribution in [-0.4, -0.2) is 47.6 Å². The van der Waals surface area contributed by atoms with E-state index in [1.165, 1.54) is 19.4 Å². The van der Waals surface area contributed by atoms with Crippen LogP contribution in [0.3, 0.4) is 0 Å². The molecule has 2 heterocycles. The third-order valence-electron chi connectivity index (χ3n) is 3.46. The van der Waals surface area contributed by atoms with Crippen molar-refractivity contribution >= 4 is 11.6 Å². The lowest BCUT2D eigenvalue weighted by Gasteiger charge is -2.28. The minimum absolute atomic E-state index is 0.510. The number of anilines is 2. The van der Waals surface area contributed by atoms with Gasteiger partial charge in [-0.25, -0.2) is 9.97 Å². The van der Waals surface area contributed by atoms with E-state index in [1.54, 1.807) is 12.4 Å². The topological polar surface area (TPSA) is 58.3 Å². The normalized spacial score (nSPS) is 20.7. The lowest BCUT2D eigenvalue weighted by Crippen LogP contribution is -2.39. The van der Waals surface area contributed by atoms with Gasteiger partial charge in [0.1, 0.15) is 0 Å². The van der Waals surface area contributed by atoms with Gasteiger partial charge < -0.3 is 10.6 Å². The third kappa shape index (κ3) is 2.66. The van der Waals surface area contributed by atoms with E-state index in [2.05, 4.69) is 26.7 Å². The monoisotopic (exact) mass is 235 g/mol. The summed E-state index contributed by atoms with van der Waals surface area (Å²) in [5.41, 5.74) is 5.83. The molecule has 0 aromatic carbocycles. The first-order valence-corrected chi connectivity index (χ1v) is 6.24. The van der Waals surface area contributed by atoms with E-state index in [-0.39, 0.29) is 0 Å². The molecular weight excluding hydrogens is 214 g/mol. The maximum absolute atomic E-state index is 5.83. The van der Waals surface area contributed by atoms with Gasteiger partial charge in [0.15, 0.2) is 11.6 Å². The zero-order valence-corrected chi connectivity index (χ0v) is 10.6. The molecule has 94 valence electrons. The molecule has 1 unspecified atom stereocenters. The molecule has 0 bridgehead atoms. The number of likely N-dealkylation sites (N-methyl/N-ethyl adjacent to an activating group) is 2. The van der Waals surface area contributed by atoms with Crippen LogP contribution in [0.25, 0.3) is 0 Å². The predicted octanol–water partition coefficient (Wildman–Crippen LogP) is 0.979. The molecule has 17 heavy (non-hydrogen) atoms. The highest BCUT2D eigenvalue weighted by Crippen LogP contribution is 2.21. The summed E-state index contributed by atoms with van der Waals surface area (Å²) in [5.74, 6) is 1.30. The van der Waals surface area contributed by atoms with Crippen LogP contribution >= 0.6 is 0 Å². The lowest BCUT2D eigenvalue weighted by molar-refractivity contribution is 0.270. The maximum atomic E-state index is 5.83. The van der Waals surface area contributed by atoms with Gasteiger partial charge in [-0.05, 0) is 25.9 Å². The average molecular weight is 235 g/mol. The first kappa shape index (κ1) is 12.1. The van der Waals surface area contributed by atoms with Crippen LogP contribution in [0.4, 0.5) is 11.6 Å². The molecule has 1 aromatic rings. The van der Waals surface area contributed by atoms with Gasteiger partial charge in [-0.15, -0.1) is 0 Å². The molecule has 0 spiro atoms. The van der Waals surface area contributed by atoms with Gasteiger partial charge in [0.2, 0.25) is 0 Å². The highest BCUT2D eigenvalue weighted by atomic mass is 15.3. The van der Waals surface area contributed by atoms with E-state index in [1.807, 2.05) is 7.05 Å². The van der Waals surface area contributed by atoms with E-state index in [0.29, 0.717) is 11.9 Å². The second-order valence-corrected chi connectivity index (χ2v) is 4.57. The van der Waals surface area contributed by atoms with Crippen molar-refractivity contribution in [3.63, 3.8) is 0 Å². The zero-order valence-electron chi connectivity index (χ0n) is 10.6. The molecule has 1 atom stereocenters. The van der Waals surface area contributed by atoms with Crippen molar-refractivity contribution in [3.8, 4) is 0 Å². The fourth-order valence-corrected chi connectivity index (χ4v) is 2.56. The molecule has 0 aliphatic carbocycles. The molecule has 0 saturated carbocycles. The number of hydrogen-bond acceptors (Lipinski definition) is 5. The van der Waals surface area contributed by atoms with E-state index in [0.717, 1.165) is 18.9 Å². The molecule has 1 aliphatic rings. The Morgan fingerprint density at radius 3 is 2.94 bits per heavy atom. The van der Waals surface area contributed by atoms with Crippen LogP contribution in [0.2, 0.25) is 0 Å². The summed E-state index contributed by atoms with van der Waals surface area (Å²) in [6.07, 6.45) is 5.87. The molecule has 5 nitrogen and oxygen atoms in total. The SMILES string of the molecule is CCN1CCCC1CN(C)c1nccnc1N. The van der Waals surface area contributed by atoms with Gasteiger partial charge >= 0.3 is 0 Å².